The second-order valence-electron chi connectivity index (χ2n) is 8.29. The van der Waals surface area contributed by atoms with E-state index < -0.39 is 0 Å². The Hall–Kier alpha value is -3.64. The minimum Gasteiger partial charge on any atom is -0.0616 e. The van der Waals surface area contributed by atoms with Gasteiger partial charge in [-0.05, 0) is 86.6 Å². The molecule has 0 saturated carbocycles. The fraction of sp³-hybridized carbons (Fsp3) is 0.0968. The summed E-state index contributed by atoms with van der Waals surface area (Å²) >= 11 is 0. The van der Waals surface area contributed by atoms with E-state index in [0.29, 0.717) is 0 Å². The van der Waals surface area contributed by atoms with Crippen molar-refractivity contribution in [1.82, 2.24) is 0 Å². The molecule has 0 nitrogen and oxygen atoms in total. The summed E-state index contributed by atoms with van der Waals surface area (Å²) in [7, 11) is 0. The van der Waals surface area contributed by atoms with E-state index in [0.717, 1.165) is 0 Å². The highest BCUT2D eigenvalue weighted by atomic mass is 14.1. The molecule has 0 radical (unpaired) electrons. The van der Waals surface area contributed by atoms with Crippen LogP contribution in [-0.2, 0) is 0 Å². The molecule has 0 fully saturated rings. The first-order chi connectivity index (χ1) is 15.1. The molecule has 31 heavy (non-hydrogen) atoms. The molecule has 0 N–H and O–H groups in total. The van der Waals surface area contributed by atoms with Crippen LogP contribution in [0.3, 0.4) is 0 Å². The minimum atomic E-state index is 1.33. The van der Waals surface area contributed by atoms with Crippen molar-refractivity contribution in [3.63, 3.8) is 0 Å². The second-order valence-corrected chi connectivity index (χ2v) is 8.29. The first-order valence-electron chi connectivity index (χ1n) is 10.9. The largest absolute Gasteiger partial charge is 0.0616 e. The van der Waals surface area contributed by atoms with Gasteiger partial charge in [-0.3, -0.25) is 0 Å². The average Bonchev–Trinajstić information content (AvgIpc) is 2.83. The van der Waals surface area contributed by atoms with Crippen molar-refractivity contribution < 1.29 is 0 Å². The van der Waals surface area contributed by atoms with Crippen molar-refractivity contribution in [1.29, 1.82) is 0 Å². The lowest BCUT2D eigenvalue weighted by Crippen LogP contribution is -1.87. The van der Waals surface area contributed by atoms with Gasteiger partial charge in [0, 0.05) is 0 Å². The van der Waals surface area contributed by atoms with Gasteiger partial charge < -0.3 is 0 Å². The highest BCUT2D eigenvalue weighted by molar-refractivity contribution is 6.05. The summed E-state index contributed by atoms with van der Waals surface area (Å²) in [6.45, 7) is 6.62. The third kappa shape index (κ3) is 3.35. The molecule has 0 aliphatic rings. The van der Waals surface area contributed by atoms with Crippen LogP contribution in [0.5, 0.6) is 0 Å². The van der Waals surface area contributed by atoms with Crippen molar-refractivity contribution in [2.45, 2.75) is 20.8 Å². The minimum absolute atomic E-state index is 1.33. The molecule has 0 spiro atoms. The molecular weight excluding hydrogens is 372 g/mol. The van der Waals surface area contributed by atoms with Gasteiger partial charge in [-0.1, -0.05) is 97.1 Å². The van der Waals surface area contributed by atoms with E-state index in [1.54, 1.807) is 0 Å². The summed E-state index contributed by atoms with van der Waals surface area (Å²) in [5.74, 6) is 0. The third-order valence-corrected chi connectivity index (χ3v) is 6.51. The summed E-state index contributed by atoms with van der Waals surface area (Å²) in [5, 5.41) is 10.9. The fourth-order valence-corrected chi connectivity index (χ4v) is 4.81. The Morgan fingerprint density at radius 3 is 0.935 bits per heavy atom. The molecule has 0 aliphatic carbocycles. The maximum absolute atomic E-state index is 2.26. The molecule has 0 bridgehead atoms. The summed E-state index contributed by atoms with van der Waals surface area (Å²) in [6.07, 6.45) is 0. The highest BCUT2D eigenvalue weighted by Gasteiger charge is 2.06. The first-order valence-corrected chi connectivity index (χ1v) is 10.9. The van der Waals surface area contributed by atoms with E-state index in [2.05, 4.69) is 124 Å². The van der Waals surface area contributed by atoms with E-state index >= 15 is 0 Å². The molecule has 0 aliphatic heterocycles. The normalized spacial score (nSPS) is 11.1. The Morgan fingerprint density at radius 1 is 0.323 bits per heavy atom. The number of rotatable bonds is 0. The van der Waals surface area contributed by atoms with E-state index in [4.69, 9.17) is 0 Å². The summed E-state index contributed by atoms with van der Waals surface area (Å²) < 4.78 is 0. The molecule has 0 heterocycles. The number of benzene rings is 6. The van der Waals surface area contributed by atoms with Crippen LogP contribution in [0.2, 0.25) is 0 Å². The van der Waals surface area contributed by atoms with Crippen molar-refractivity contribution in [3.05, 3.63) is 120 Å². The number of fused-ring (bicyclic) bond motifs is 4. The smallest absolute Gasteiger partial charge is 0.0146 e. The topological polar surface area (TPSA) is 0 Å². The lowest BCUT2D eigenvalue weighted by Gasteiger charge is -2.11. The lowest BCUT2D eigenvalue weighted by molar-refractivity contribution is 1.52. The van der Waals surface area contributed by atoms with Crippen molar-refractivity contribution >= 4 is 43.1 Å². The van der Waals surface area contributed by atoms with Gasteiger partial charge in [0.2, 0.25) is 0 Å². The monoisotopic (exact) mass is 398 g/mol. The summed E-state index contributed by atoms with van der Waals surface area (Å²) in [5.41, 5.74) is 4.15. The van der Waals surface area contributed by atoms with Crippen molar-refractivity contribution in [2.75, 3.05) is 0 Å². The molecule has 0 unspecified atom stereocenters. The van der Waals surface area contributed by atoms with Crippen LogP contribution in [0.4, 0.5) is 0 Å². The molecule has 0 aromatic heterocycles. The van der Waals surface area contributed by atoms with Crippen LogP contribution in [0, 0.1) is 20.8 Å². The maximum Gasteiger partial charge on any atom is -0.0146 e. The van der Waals surface area contributed by atoms with Gasteiger partial charge in [-0.2, -0.15) is 0 Å². The quantitative estimate of drug-likeness (QED) is 0.224. The molecule has 0 atom stereocenters. The van der Waals surface area contributed by atoms with Gasteiger partial charge in [-0.25, -0.2) is 0 Å². The first kappa shape index (κ1) is 19.3. The SMILES string of the molecule is Cc1c2ccccc2c(C)c2ccccc12.Cc1c2ccccc2cc2ccccc12. The van der Waals surface area contributed by atoms with Crippen LogP contribution < -0.4 is 0 Å². The zero-order valence-electron chi connectivity index (χ0n) is 18.3. The molecule has 6 aromatic rings. The Labute approximate surface area is 183 Å². The summed E-state index contributed by atoms with van der Waals surface area (Å²) in [6, 6.07) is 36.7. The van der Waals surface area contributed by atoms with Gasteiger partial charge in [0.05, 0.1) is 0 Å². The van der Waals surface area contributed by atoms with E-state index in [-0.39, 0.29) is 0 Å². The van der Waals surface area contributed by atoms with E-state index in [9.17, 15) is 0 Å². The maximum atomic E-state index is 2.26. The number of aryl methyl sites for hydroxylation is 3. The van der Waals surface area contributed by atoms with Crippen LogP contribution in [-0.4, -0.2) is 0 Å². The molecule has 0 amide bonds. The highest BCUT2D eigenvalue weighted by Crippen LogP contribution is 2.31. The molecule has 6 aromatic carbocycles. The molecular formula is C31H26. The standard InChI is InChI=1S/C16H14.C15H12/c1-11-13-7-3-5-9-15(13)12(2)16-10-6-4-8-14(11)16;1-11-14-8-4-2-6-12(14)10-13-7-3-5-9-15(11)13/h3-10H,1-2H3;2-10H,1H3. The molecule has 0 saturated heterocycles. The molecule has 150 valence electrons. The van der Waals surface area contributed by atoms with Crippen LogP contribution >= 0.6 is 0 Å². The predicted octanol–water partition coefficient (Wildman–Crippen LogP) is 8.91. The zero-order valence-corrected chi connectivity index (χ0v) is 18.3. The second kappa shape index (κ2) is 7.89. The Kier molecular flexibility index (Phi) is 4.92. The van der Waals surface area contributed by atoms with Gasteiger partial charge in [0.1, 0.15) is 0 Å². The van der Waals surface area contributed by atoms with Crippen molar-refractivity contribution in [2.24, 2.45) is 0 Å². The zero-order chi connectivity index (χ0) is 21.4. The van der Waals surface area contributed by atoms with E-state index in [1.807, 2.05) is 0 Å². The Morgan fingerprint density at radius 2 is 0.581 bits per heavy atom. The lowest BCUT2D eigenvalue weighted by atomic mass is 9.93. The van der Waals surface area contributed by atoms with Gasteiger partial charge in [0.25, 0.3) is 0 Å². The predicted molar refractivity (Wildman–Crippen MR) is 137 cm³/mol. The fourth-order valence-electron chi connectivity index (χ4n) is 4.81. The number of hydrogen-bond donors (Lipinski definition) is 0. The van der Waals surface area contributed by atoms with Gasteiger partial charge >= 0.3 is 0 Å². The van der Waals surface area contributed by atoms with Crippen LogP contribution in [0.15, 0.2) is 103 Å². The van der Waals surface area contributed by atoms with Gasteiger partial charge in [0.15, 0.2) is 0 Å². The Bertz CT molecular complexity index is 1380. The van der Waals surface area contributed by atoms with Crippen LogP contribution in [0.1, 0.15) is 16.7 Å². The Balaban J connectivity index is 0.000000132. The van der Waals surface area contributed by atoms with E-state index in [1.165, 1.54) is 59.8 Å². The van der Waals surface area contributed by atoms with Gasteiger partial charge in [-0.15, -0.1) is 0 Å². The van der Waals surface area contributed by atoms with Crippen LogP contribution in [0.25, 0.3) is 43.1 Å². The summed E-state index contributed by atoms with van der Waals surface area (Å²) in [4.78, 5) is 0. The third-order valence-electron chi connectivity index (χ3n) is 6.51. The average molecular weight is 399 g/mol. The number of hydrogen-bond acceptors (Lipinski definition) is 0. The van der Waals surface area contributed by atoms with Crippen molar-refractivity contribution in [3.8, 4) is 0 Å². The molecule has 6 rings (SSSR count). The molecule has 0 heteroatoms.